The van der Waals surface area contributed by atoms with E-state index < -0.39 is 33.7 Å². The molecule has 2 amide bonds. The smallest absolute Gasteiger partial charge is 0.325 e. The number of non-ortho nitro benzene ring substituents is 1. The van der Waals surface area contributed by atoms with E-state index in [0.717, 1.165) is 12.1 Å². The molecule has 1 unspecified atom stereocenters. The van der Waals surface area contributed by atoms with Gasteiger partial charge in [0.25, 0.3) is 11.6 Å². The van der Waals surface area contributed by atoms with Crippen LogP contribution < -0.4 is 10.6 Å². The van der Waals surface area contributed by atoms with Crippen LogP contribution in [0.25, 0.3) is 0 Å². The highest BCUT2D eigenvalue weighted by molar-refractivity contribution is 8.00. The van der Waals surface area contributed by atoms with Crippen molar-refractivity contribution in [2.45, 2.75) is 29.7 Å². The van der Waals surface area contributed by atoms with Gasteiger partial charge in [-0.15, -0.1) is 11.8 Å². The van der Waals surface area contributed by atoms with E-state index in [1.807, 2.05) is 0 Å². The van der Waals surface area contributed by atoms with Gasteiger partial charge in [0.05, 0.1) is 15.7 Å². The Hall–Kier alpha value is -3.86. The van der Waals surface area contributed by atoms with Crippen LogP contribution in [0, 0.1) is 10.1 Å². The zero-order valence-electron chi connectivity index (χ0n) is 18.3. The van der Waals surface area contributed by atoms with Gasteiger partial charge in [-0.1, -0.05) is 19.1 Å². The van der Waals surface area contributed by atoms with Crippen LogP contribution in [0.15, 0.2) is 77.7 Å². The molecule has 0 aliphatic heterocycles. The molecule has 35 heavy (non-hydrogen) atoms. The fourth-order valence-corrected chi connectivity index (χ4v) is 4.08. The van der Waals surface area contributed by atoms with Gasteiger partial charge in [-0.05, 0) is 55.0 Å². The lowest BCUT2D eigenvalue weighted by atomic mass is 10.2. The molecule has 0 heterocycles. The molecule has 1 atom stereocenters. The molecule has 0 aliphatic rings. The van der Waals surface area contributed by atoms with Gasteiger partial charge >= 0.3 is 6.18 Å². The molecule has 0 aliphatic carbocycles. The molecule has 3 rings (SSSR count). The van der Waals surface area contributed by atoms with E-state index in [2.05, 4.69) is 10.6 Å². The molecule has 3 aromatic carbocycles. The summed E-state index contributed by atoms with van der Waals surface area (Å²) in [6.45, 7) is 1.78. The molecule has 11 heteroatoms. The second kappa shape index (κ2) is 11.0. The predicted octanol–water partition coefficient (Wildman–Crippen LogP) is 6.38. The highest BCUT2D eigenvalue weighted by Gasteiger charge is 2.30. The number of nitrogens with one attached hydrogen (secondary N) is 2. The predicted molar refractivity (Wildman–Crippen MR) is 128 cm³/mol. The maximum atomic E-state index is 12.9. The van der Waals surface area contributed by atoms with E-state index in [1.54, 1.807) is 31.2 Å². The lowest BCUT2D eigenvalue weighted by molar-refractivity contribution is -0.384. The van der Waals surface area contributed by atoms with Crippen LogP contribution >= 0.6 is 11.8 Å². The Labute approximate surface area is 202 Å². The summed E-state index contributed by atoms with van der Waals surface area (Å²) in [6, 6.07) is 16.3. The van der Waals surface area contributed by atoms with Gasteiger partial charge in [0.1, 0.15) is 0 Å². The normalized spacial score (nSPS) is 12.0. The number of amides is 2. The number of nitro groups is 1. The molecule has 3 aromatic rings. The van der Waals surface area contributed by atoms with Gasteiger partial charge in [-0.3, -0.25) is 19.7 Å². The summed E-state index contributed by atoms with van der Waals surface area (Å²) < 4.78 is 38.8. The lowest BCUT2D eigenvalue weighted by Crippen LogP contribution is -2.24. The van der Waals surface area contributed by atoms with Gasteiger partial charge in [-0.25, -0.2) is 0 Å². The van der Waals surface area contributed by atoms with Gasteiger partial charge < -0.3 is 10.6 Å². The van der Waals surface area contributed by atoms with E-state index in [-0.39, 0.29) is 16.9 Å². The minimum Gasteiger partial charge on any atom is -0.325 e. The van der Waals surface area contributed by atoms with Crippen molar-refractivity contribution in [3.63, 3.8) is 0 Å². The molecule has 0 saturated carbocycles. The summed E-state index contributed by atoms with van der Waals surface area (Å²) in [4.78, 5) is 36.0. The second-order valence-corrected chi connectivity index (χ2v) is 8.64. The molecule has 2 N–H and O–H groups in total. The molecular formula is C24H20F3N3O4S. The molecule has 0 spiro atoms. The van der Waals surface area contributed by atoms with Gasteiger partial charge in [0.15, 0.2) is 0 Å². The van der Waals surface area contributed by atoms with Crippen LogP contribution in [-0.4, -0.2) is 22.0 Å². The summed E-state index contributed by atoms with van der Waals surface area (Å²) >= 11 is 1.21. The van der Waals surface area contributed by atoms with E-state index >= 15 is 0 Å². The summed E-state index contributed by atoms with van der Waals surface area (Å²) in [5.74, 6) is -0.909. The van der Waals surface area contributed by atoms with Crippen LogP contribution in [0.1, 0.15) is 29.3 Å². The summed E-state index contributed by atoms with van der Waals surface area (Å²) in [6.07, 6.45) is -4.10. The standard InChI is InChI=1S/C24H20F3N3O4S/c1-2-21(23(32)29-17-6-3-5-16(13-17)24(25,26)27)35-20-8-4-7-18(14-20)28-22(31)15-9-11-19(12-10-15)30(33)34/h3-14,21H,2H2,1H3,(H,28,31)(H,29,32). The van der Waals surface area contributed by atoms with Crippen molar-refractivity contribution in [1.82, 2.24) is 0 Å². The second-order valence-electron chi connectivity index (χ2n) is 7.37. The van der Waals surface area contributed by atoms with Crippen molar-refractivity contribution in [3.05, 3.63) is 94.0 Å². The maximum absolute atomic E-state index is 12.9. The third-order valence-electron chi connectivity index (χ3n) is 4.83. The fraction of sp³-hybridized carbons (Fsp3) is 0.167. The van der Waals surface area contributed by atoms with Crippen LogP contribution in [0.3, 0.4) is 0 Å². The summed E-state index contributed by atoms with van der Waals surface area (Å²) in [5, 5.41) is 15.4. The average molecular weight is 504 g/mol. The van der Waals surface area contributed by atoms with Crippen molar-refractivity contribution >= 4 is 40.6 Å². The molecule has 0 bridgehead atoms. The van der Waals surface area contributed by atoms with Crippen LogP contribution in [0.4, 0.5) is 30.2 Å². The Kier molecular flexibility index (Phi) is 8.13. The molecule has 182 valence electrons. The van der Waals surface area contributed by atoms with Gasteiger partial charge in [-0.2, -0.15) is 13.2 Å². The first-order valence-corrected chi connectivity index (χ1v) is 11.3. The zero-order valence-corrected chi connectivity index (χ0v) is 19.2. The number of nitrogens with zero attached hydrogens (tertiary/aromatic N) is 1. The number of rotatable bonds is 8. The number of carbonyl (C=O) groups is 2. The number of hydrogen-bond acceptors (Lipinski definition) is 5. The van der Waals surface area contributed by atoms with Gasteiger partial charge in [0.2, 0.25) is 5.91 Å². The van der Waals surface area contributed by atoms with Crippen LogP contribution in [0.2, 0.25) is 0 Å². The highest BCUT2D eigenvalue weighted by atomic mass is 32.2. The van der Waals surface area contributed by atoms with Crippen molar-refractivity contribution < 1.29 is 27.7 Å². The number of anilines is 2. The summed E-state index contributed by atoms with van der Waals surface area (Å²) in [5.41, 5.74) is -0.249. The van der Waals surface area contributed by atoms with Gasteiger partial charge in [0, 0.05) is 34.0 Å². The molecule has 0 saturated heterocycles. The van der Waals surface area contributed by atoms with Crippen molar-refractivity contribution in [1.29, 1.82) is 0 Å². The van der Waals surface area contributed by atoms with E-state index in [4.69, 9.17) is 0 Å². The van der Waals surface area contributed by atoms with Crippen LogP contribution in [-0.2, 0) is 11.0 Å². The van der Waals surface area contributed by atoms with Crippen molar-refractivity contribution in [2.24, 2.45) is 0 Å². The van der Waals surface area contributed by atoms with E-state index in [9.17, 15) is 32.9 Å². The van der Waals surface area contributed by atoms with E-state index in [0.29, 0.717) is 17.0 Å². The number of benzene rings is 3. The number of nitro benzene ring substituents is 1. The quantitative estimate of drug-likeness (QED) is 0.211. The molecule has 0 aromatic heterocycles. The average Bonchev–Trinajstić information content (AvgIpc) is 2.82. The Bertz CT molecular complexity index is 1230. The minimum atomic E-state index is -4.51. The zero-order chi connectivity index (χ0) is 25.6. The molecule has 0 fully saturated rings. The topological polar surface area (TPSA) is 101 Å². The highest BCUT2D eigenvalue weighted by Crippen LogP contribution is 2.32. The Morgan fingerprint density at radius 1 is 0.971 bits per heavy atom. The SMILES string of the molecule is CCC(Sc1cccc(NC(=O)c2ccc([N+](=O)[O-])cc2)c1)C(=O)Nc1cccc(C(F)(F)F)c1. The van der Waals surface area contributed by atoms with Crippen molar-refractivity contribution in [2.75, 3.05) is 10.6 Å². The number of hydrogen-bond donors (Lipinski definition) is 2. The third kappa shape index (κ3) is 7.06. The first kappa shape index (κ1) is 25.8. The first-order valence-electron chi connectivity index (χ1n) is 10.4. The molecular weight excluding hydrogens is 483 g/mol. The van der Waals surface area contributed by atoms with Crippen LogP contribution in [0.5, 0.6) is 0 Å². The third-order valence-corrected chi connectivity index (χ3v) is 6.19. The number of thioether (sulfide) groups is 1. The minimum absolute atomic E-state index is 0.0491. The Balaban J connectivity index is 1.66. The number of carbonyl (C=O) groups excluding carboxylic acids is 2. The van der Waals surface area contributed by atoms with E-state index in [1.165, 1.54) is 48.2 Å². The fourth-order valence-electron chi connectivity index (χ4n) is 3.07. The van der Waals surface area contributed by atoms with Crippen molar-refractivity contribution in [3.8, 4) is 0 Å². The number of alkyl halides is 3. The monoisotopic (exact) mass is 503 g/mol. The molecule has 0 radical (unpaired) electrons. The Morgan fingerprint density at radius 3 is 2.20 bits per heavy atom. The first-order chi connectivity index (χ1) is 16.6. The largest absolute Gasteiger partial charge is 0.416 e. The Morgan fingerprint density at radius 2 is 1.60 bits per heavy atom. The molecule has 7 nitrogen and oxygen atoms in total. The number of halogens is 3. The summed E-state index contributed by atoms with van der Waals surface area (Å²) in [7, 11) is 0. The lowest BCUT2D eigenvalue weighted by Gasteiger charge is -2.16. The maximum Gasteiger partial charge on any atom is 0.416 e.